The molecular formula is C25H24F3N5O3. The number of aromatic nitrogens is 2. The Morgan fingerprint density at radius 2 is 1.89 bits per heavy atom. The molecule has 0 aliphatic carbocycles. The van der Waals surface area contributed by atoms with Gasteiger partial charge in [0.1, 0.15) is 5.75 Å². The van der Waals surface area contributed by atoms with Crippen molar-refractivity contribution in [2.45, 2.75) is 12.7 Å². The molecule has 2 aromatic carbocycles. The monoisotopic (exact) mass is 499 g/mol. The van der Waals surface area contributed by atoms with E-state index in [-0.39, 0.29) is 18.1 Å². The summed E-state index contributed by atoms with van der Waals surface area (Å²) in [6.45, 7) is 2.78. The van der Waals surface area contributed by atoms with Gasteiger partial charge in [0.25, 0.3) is 0 Å². The van der Waals surface area contributed by atoms with Crippen molar-refractivity contribution in [1.82, 2.24) is 25.3 Å². The predicted octanol–water partition coefficient (Wildman–Crippen LogP) is 3.64. The van der Waals surface area contributed by atoms with E-state index in [0.717, 1.165) is 23.4 Å². The van der Waals surface area contributed by atoms with Gasteiger partial charge in [-0.15, -0.1) is 0 Å². The number of hydrogen-bond donors (Lipinski definition) is 1. The summed E-state index contributed by atoms with van der Waals surface area (Å²) < 4.78 is 48.9. The minimum absolute atomic E-state index is 0.0331. The van der Waals surface area contributed by atoms with Gasteiger partial charge < -0.3 is 19.5 Å². The summed E-state index contributed by atoms with van der Waals surface area (Å²) in [6, 6.07) is 11.9. The molecule has 1 N–H and O–H groups in total. The lowest BCUT2D eigenvalue weighted by Crippen LogP contribution is -2.51. The number of halogens is 3. The molecule has 11 heteroatoms. The lowest BCUT2D eigenvalue weighted by Gasteiger charge is -2.33. The van der Waals surface area contributed by atoms with E-state index in [9.17, 15) is 18.0 Å². The number of piperazine rings is 1. The van der Waals surface area contributed by atoms with Gasteiger partial charge in [0.05, 0.1) is 25.8 Å². The average Bonchev–Trinajstić information content (AvgIpc) is 3.35. The number of alkyl halides is 3. The summed E-state index contributed by atoms with van der Waals surface area (Å²) in [6.07, 6.45) is -4.42. The zero-order valence-electron chi connectivity index (χ0n) is 19.5. The van der Waals surface area contributed by atoms with E-state index in [0.29, 0.717) is 44.4 Å². The van der Waals surface area contributed by atoms with Crippen LogP contribution in [0.25, 0.3) is 11.4 Å². The molecule has 1 aromatic heterocycles. The van der Waals surface area contributed by atoms with Crippen molar-refractivity contribution in [2.75, 3.05) is 39.8 Å². The third-order valence-electron chi connectivity index (χ3n) is 5.59. The van der Waals surface area contributed by atoms with Crippen LogP contribution in [0.15, 0.2) is 53.1 Å². The number of nitrogens with zero attached hydrogens (tertiary/aromatic N) is 4. The molecular weight excluding hydrogens is 475 g/mol. The zero-order valence-corrected chi connectivity index (χ0v) is 19.5. The van der Waals surface area contributed by atoms with Gasteiger partial charge in [-0.1, -0.05) is 23.1 Å². The molecule has 8 nitrogen and oxygen atoms in total. The second kappa shape index (κ2) is 11.1. The van der Waals surface area contributed by atoms with E-state index in [1.165, 1.54) is 12.1 Å². The van der Waals surface area contributed by atoms with E-state index in [1.807, 2.05) is 24.3 Å². The maximum atomic E-state index is 12.8. The third-order valence-corrected chi connectivity index (χ3v) is 5.59. The van der Waals surface area contributed by atoms with Gasteiger partial charge >= 0.3 is 12.2 Å². The quantitative estimate of drug-likeness (QED) is 0.540. The van der Waals surface area contributed by atoms with Gasteiger partial charge in [-0.05, 0) is 42.5 Å². The number of benzene rings is 2. The van der Waals surface area contributed by atoms with E-state index < -0.39 is 11.7 Å². The minimum Gasteiger partial charge on any atom is -0.497 e. The van der Waals surface area contributed by atoms with Crippen LogP contribution in [0.3, 0.4) is 0 Å². The number of rotatable bonds is 5. The highest BCUT2D eigenvalue weighted by atomic mass is 19.4. The summed E-state index contributed by atoms with van der Waals surface area (Å²) in [5.41, 5.74) is 0.306. The Bertz CT molecular complexity index is 1240. The van der Waals surface area contributed by atoms with E-state index in [4.69, 9.17) is 9.26 Å². The fourth-order valence-corrected chi connectivity index (χ4v) is 3.63. The standard InChI is InChI=1S/C25H24F3N5O3/c1-35-21-9-7-19(8-10-21)23-30-22(36-31-23)17-32-12-14-33(15-13-32)24(34)29-11-3-5-18-4-2-6-20(16-18)25(26,27)28/h2,4,6-10,16H,11-15,17H2,1H3,(H,29,34). The Morgan fingerprint density at radius 1 is 1.14 bits per heavy atom. The Morgan fingerprint density at radius 3 is 2.58 bits per heavy atom. The van der Waals surface area contributed by atoms with Gasteiger partial charge in [-0.25, -0.2) is 4.79 Å². The van der Waals surface area contributed by atoms with Crippen LogP contribution in [-0.4, -0.2) is 65.8 Å². The van der Waals surface area contributed by atoms with Gasteiger partial charge in [0, 0.05) is 37.3 Å². The summed E-state index contributed by atoms with van der Waals surface area (Å²) in [4.78, 5) is 20.6. The van der Waals surface area contributed by atoms with E-state index >= 15 is 0 Å². The molecule has 36 heavy (non-hydrogen) atoms. The topological polar surface area (TPSA) is 83.7 Å². The van der Waals surface area contributed by atoms with Crippen molar-refractivity contribution in [1.29, 1.82) is 0 Å². The first-order chi connectivity index (χ1) is 17.3. The van der Waals surface area contributed by atoms with Crippen molar-refractivity contribution in [3.05, 3.63) is 65.5 Å². The van der Waals surface area contributed by atoms with Crippen molar-refractivity contribution >= 4 is 6.03 Å². The Hall–Kier alpha value is -4.04. The number of hydrogen-bond acceptors (Lipinski definition) is 6. The molecule has 1 aliphatic heterocycles. The molecule has 0 atom stereocenters. The largest absolute Gasteiger partial charge is 0.497 e. The molecule has 1 fully saturated rings. The number of carbonyl (C=O) groups excluding carboxylic acids is 1. The lowest BCUT2D eigenvalue weighted by molar-refractivity contribution is -0.137. The summed E-state index contributed by atoms with van der Waals surface area (Å²) in [5, 5.41) is 6.72. The van der Waals surface area contributed by atoms with Crippen LogP contribution < -0.4 is 10.1 Å². The number of amides is 2. The zero-order chi connectivity index (χ0) is 25.5. The lowest BCUT2D eigenvalue weighted by atomic mass is 10.1. The van der Waals surface area contributed by atoms with Crippen LogP contribution in [0, 0.1) is 11.8 Å². The van der Waals surface area contributed by atoms with Gasteiger partial charge in [-0.2, -0.15) is 18.2 Å². The Labute approximate surface area is 206 Å². The molecule has 0 radical (unpaired) electrons. The number of methoxy groups -OCH3 is 1. The molecule has 2 amide bonds. The van der Waals surface area contributed by atoms with Crippen LogP contribution in [0.4, 0.5) is 18.0 Å². The van der Waals surface area contributed by atoms with Crippen LogP contribution in [0.2, 0.25) is 0 Å². The second-order valence-electron chi connectivity index (χ2n) is 8.04. The number of nitrogens with one attached hydrogen (secondary N) is 1. The molecule has 0 unspecified atom stereocenters. The molecule has 0 bridgehead atoms. The Kier molecular flexibility index (Phi) is 7.75. The molecule has 4 rings (SSSR count). The molecule has 1 aliphatic rings. The van der Waals surface area contributed by atoms with Gasteiger partial charge in [0.15, 0.2) is 0 Å². The predicted molar refractivity (Wildman–Crippen MR) is 125 cm³/mol. The highest BCUT2D eigenvalue weighted by Crippen LogP contribution is 2.29. The smallest absolute Gasteiger partial charge is 0.416 e. The molecule has 3 aromatic rings. The fraction of sp³-hybridized carbons (Fsp3) is 0.320. The molecule has 0 spiro atoms. The first-order valence-electron chi connectivity index (χ1n) is 11.2. The number of carbonyl (C=O) groups is 1. The third kappa shape index (κ3) is 6.55. The van der Waals surface area contributed by atoms with Crippen molar-refractivity contribution in [3.63, 3.8) is 0 Å². The van der Waals surface area contributed by atoms with E-state index in [2.05, 4.69) is 32.2 Å². The first-order valence-corrected chi connectivity index (χ1v) is 11.2. The highest BCUT2D eigenvalue weighted by Gasteiger charge is 2.30. The maximum absolute atomic E-state index is 12.8. The minimum atomic E-state index is -4.42. The summed E-state index contributed by atoms with van der Waals surface area (Å²) in [5.74, 6) is 7.07. The average molecular weight is 499 g/mol. The maximum Gasteiger partial charge on any atom is 0.416 e. The van der Waals surface area contributed by atoms with Gasteiger partial charge in [-0.3, -0.25) is 4.90 Å². The van der Waals surface area contributed by atoms with Crippen LogP contribution >= 0.6 is 0 Å². The van der Waals surface area contributed by atoms with Crippen LogP contribution in [0.1, 0.15) is 17.0 Å². The van der Waals surface area contributed by atoms with Crippen molar-refractivity contribution in [2.24, 2.45) is 0 Å². The summed E-state index contributed by atoms with van der Waals surface area (Å²) >= 11 is 0. The second-order valence-corrected chi connectivity index (χ2v) is 8.04. The fourth-order valence-electron chi connectivity index (χ4n) is 3.63. The Balaban J connectivity index is 1.21. The van der Waals surface area contributed by atoms with Gasteiger partial charge in [0.2, 0.25) is 11.7 Å². The number of urea groups is 1. The molecule has 188 valence electrons. The molecule has 0 saturated carbocycles. The first kappa shape index (κ1) is 25.1. The molecule has 2 heterocycles. The normalized spacial score (nSPS) is 14.2. The van der Waals surface area contributed by atoms with Crippen LogP contribution in [-0.2, 0) is 12.7 Å². The SMILES string of the molecule is COc1ccc(-c2noc(CN3CCN(C(=O)NCC#Cc4cccc(C(F)(F)F)c4)CC3)n2)cc1. The van der Waals surface area contributed by atoms with Crippen LogP contribution in [0.5, 0.6) is 5.75 Å². The van der Waals surface area contributed by atoms with Crippen molar-refractivity contribution in [3.8, 4) is 29.0 Å². The van der Waals surface area contributed by atoms with Crippen molar-refractivity contribution < 1.29 is 27.2 Å². The number of ether oxygens (including phenoxy) is 1. The summed E-state index contributed by atoms with van der Waals surface area (Å²) in [7, 11) is 1.60. The highest BCUT2D eigenvalue weighted by molar-refractivity contribution is 5.74. The van der Waals surface area contributed by atoms with E-state index in [1.54, 1.807) is 12.0 Å². The molecule has 1 saturated heterocycles.